The highest BCUT2D eigenvalue weighted by molar-refractivity contribution is 7.99. The predicted octanol–water partition coefficient (Wildman–Crippen LogP) is 4.12. The van der Waals surface area contributed by atoms with Gasteiger partial charge < -0.3 is 10.6 Å². The molecule has 9 heteroatoms. The topological polar surface area (TPSA) is 75.6 Å². The lowest BCUT2D eigenvalue weighted by Gasteiger charge is -2.16. The summed E-state index contributed by atoms with van der Waals surface area (Å²) in [5.41, 5.74) is 1.13. The van der Waals surface area contributed by atoms with Gasteiger partial charge >= 0.3 is 0 Å². The molecule has 0 saturated heterocycles. The lowest BCUT2D eigenvalue weighted by molar-refractivity contribution is 0.722. The van der Waals surface area contributed by atoms with Crippen molar-refractivity contribution in [2.45, 2.75) is 23.1 Å². The van der Waals surface area contributed by atoms with Crippen LogP contribution in [-0.4, -0.2) is 25.0 Å². The molecule has 132 valence electrons. The molecule has 2 N–H and O–H groups in total. The Kier molecular flexibility index (Phi) is 6.32. The first-order valence-corrected chi connectivity index (χ1v) is 9.32. The largest absolute Gasteiger partial charge is 0.356 e. The number of hydrogen-bond donors (Lipinski definition) is 2. The number of thiocarbonyl (C=S) groups is 1. The molecule has 0 spiro atoms. The van der Waals surface area contributed by atoms with E-state index in [1.165, 1.54) is 11.8 Å². The fraction of sp³-hybridized carbons (Fsp3) is 0.118. The van der Waals surface area contributed by atoms with Crippen LogP contribution >= 0.6 is 35.6 Å². The van der Waals surface area contributed by atoms with Crippen molar-refractivity contribution in [3.63, 3.8) is 0 Å². The zero-order valence-electron chi connectivity index (χ0n) is 13.8. The maximum Gasteiger partial charge on any atom is 0.231 e. The molecule has 0 aliphatic heterocycles. The summed E-state index contributed by atoms with van der Waals surface area (Å²) in [6.07, 6.45) is 3.34. The van der Waals surface area contributed by atoms with Crippen LogP contribution in [0.15, 0.2) is 65.0 Å². The van der Waals surface area contributed by atoms with Gasteiger partial charge in [0.1, 0.15) is 10.2 Å². The summed E-state index contributed by atoms with van der Waals surface area (Å²) in [6, 6.07) is 13.5. The highest BCUT2D eigenvalue weighted by Crippen LogP contribution is 2.25. The molecule has 1 aromatic carbocycles. The Bertz CT molecular complexity index is 879. The average molecular weight is 403 g/mol. The van der Waals surface area contributed by atoms with Crippen molar-refractivity contribution in [3.05, 3.63) is 65.6 Å². The normalized spacial score (nSPS) is 11.6. The second-order valence-electron chi connectivity index (χ2n) is 5.22. The average Bonchev–Trinajstić information content (AvgIpc) is 2.62. The Morgan fingerprint density at radius 1 is 1.12 bits per heavy atom. The van der Waals surface area contributed by atoms with E-state index in [1.54, 1.807) is 24.5 Å². The van der Waals surface area contributed by atoms with Crippen LogP contribution in [0.5, 0.6) is 0 Å². The van der Waals surface area contributed by atoms with Crippen molar-refractivity contribution < 1.29 is 0 Å². The highest BCUT2D eigenvalue weighted by atomic mass is 35.5. The van der Waals surface area contributed by atoms with Crippen LogP contribution < -0.4 is 10.6 Å². The SMILES string of the molecule is CC(NC(=S)Nc1nc(Cl)cc(Sc2ncccn2)n1)c1ccccc1. The fourth-order valence-electron chi connectivity index (χ4n) is 2.10. The molecule has 0 bridgehead atoms. The summed E-state index contributed by atoms with van der Waals surface area (Å²) in [4.78, 5) is 16.9. The fourth-order valence-corrected chi connectivity index (χ4v) is 3.33. The van der Waals surface area contributed by atoms with Crippen molar-refractivity contribution in [1.29, 1.82) is 0 Å². The van der Waals surface area contributed by atoms with Crippen LogP contribution in [0.4, 0.5) is 5.95 Å². The van der Waals surface area contributed by atoms with E-state index in [0.29, 0.717) is 26.4 Å². The summed E-state index contributed by atoms with van der Waals surface area (Å²) in [7, 11) is 0. The third-order valence-corrected chi connectivity index (χ3v) is 4.51. The van der Waals surface area contributed by atoms with Crippen molar-refractivity contribution >= 4 is 46.6 Å². The van der Waals surface area contributed by atoms with E-state index >= 15 is 0 Å². The summed E-state index contributed by atoms with van der Waals surface area (Å²) >= 11 is 12.7. The van der Waals surface area contributed by atoms with Crippen molar-refractivity contribution in [2.24, 2.45) is 0 Å². The van der Waals surface area contributed by atoms with Gasteiger partial charge in [-0.3, -0.25) is 0 Å². The van der Waals surface area contributed by atoms with Crippen LogP contribution in [0.1, 0.15) is 18.5 Å². The molecular formula is C17H15ClN6S2. The molecule has 26 heavy (non-hydrogen) atoms. The summed E-state index contributed by atoms with van der Waals surface area (Å²) in [5.74, 6) is 0.314. The van der Waals surface area contributed by atoms with Gasteiger partial charge in [0.05, 0.1) is 6.04 Å². The highest BCUT2D eigenvalue weighted by Gasteiger charge is 2.10. The van der Waals surface area contributed by atoms with Gasteiger partial charge in [0, 0.05) is 18.5 Å². The summed E-state index contributed by atoms with van der Waals surface area (Å²) < 4.78 is 0. The van der Waals surface area contributed by atoms with Gasteiger partial charge in [0.25, 0.3) is 0 Å². The quantitative estimate of drug-likeness (QED) is 0.375. The first kappa shape index (κ1) is 18.5. The molecule has 0 amide bonds. The molecule has 0 aliphatic carbocycles. The Labute approximate surface area is 165 Å². The number of rotatable bonds is 5. The first-order chi connectivity index (χ1) is 12.6. The molecule has 0 fully saturated rings. The van der Waals surface area contributed by atoms with Crippen LogP contribution in [0.25, 0.3) is 0 Å². The minimum Gasteiger partial charge on any atom is -0.356 e. The molecule has 3 rings (SSSR count). The molecule has 2 heterocycles. The van der Waals surface area contributed by atoms with E-state index in [2.05, 4.69) is 30.6 Å². The predicted molar refractivity (Wildman–Crippen MR) is 107 cm³/mol. The summed E-state index contributed by atoms with van der Waals surface area (Å²) in [6.45, 7) is 2.02. The number of nitrogens with one attached hydrogen (secondary N) is 2. The zero-order valence-corrected chi connectivity index (χ0v) is 16.1. The van der Waals surface area contributed by atoms with Gasteiger partial charge in [-0.2, -0.15) is 0 Å². The molecule has 0 radical (unpaired) electrons. The molecule has 6 nitrogen and oxygen atoms in total. The van der Waals surface area contributed by atoms with Crippen LogP contribution in [0.3, 0.4) is 0 Å². The molecule has 0 saturated carbocycles. The molecule has 1 atom stereocenters. The second kappa shape index (κ2) is 8.88. The maximum atomic E-state index is 6.09. The van der Waals surface area contributed by atoms with E-state index < -0.39 is 0 Å². The number of halogens is 1. The van der Waals surface area contributed by atoms with Crippen molar-refractivity contribution in [1.82, 2.24) is 25.3 Å². The number of aromatic nitrogens is 4. The third-order valence-electron chi connectivity index (χ3n) is 3.28. The summed E-state index contributed by atoms with van der Waals surface area (Å²) in [5, 5.41) is 8.08. The third kappa shape index (κ3) is 5.35. The first-order valence-electron chi connectivity index (χ1n) is 7.72. The van der Waals surface area contributed by atoms with Gasteiger partial charge in [0.15, 0.2) is 10.3 Å². The number of benzene rings is 1. The Hall–Kier alpha value is -2.29. The van der Waals surface area contributed by atoms with E-state index in [1.807, 2.05) is 37.3 Å². The Morgan fingerprint density at radius 3 is 2.58 bits per heavy atom. The monoisotopic (exact) mass is 402 g/mol. The minimum absolute atomic E-state index is 0.0435. The van der Waals surface area contributed by atoms with E-state index in [0.717, 1.165) is 5.56 Å². The number of nitrogens with zero attached hydrogens (tertiary/aromatic N) is 4. The second-order valence-corrected chi connectivity index (χ2v) is 7.00. The Morgan fingerprint density at radius 2 is 1.85 bits per heavy atom. The van der Waals surface area contributed by atoms with Crippen LogP contribution in [-0.2, 0) is 0 Å². The lowest BCUT2D eigenvalue weighted by atomic mass is 10.1. The minimum atomic E-state index is 0.0435. The van der Waals surface area contributed by atoms with Gasteiger partial charge in [-0.15, -0.1) is 0 Å². The molecule has 1 unspecified atom stereocenters. The number of hydrogen-bond acceptors (Lipinski definition) is 6. The molecule has 0 aliphatic rings. The van der Waals surface area contributed by atoms with Crippen molar-refractivity contribution in [2.75, 3.05) is 5.32 Å². The standard InChI is InChI=1S/C17H15ClN6S2/c1-11(12-6-3-2-4-7-12)21-16(25)24-15-22-13(18)10-14(23-15)26-17-19-8-5-9-20-17/h2-11H,1H3,(H2,21,22,23,24,25). The van der Waals surface area contributed by atoms with Crippen LogP contribution in [0.2, 0.25) is 5.15 Å². The molecule has 2 aromatic heterocycles. The van der Waals surface area contributed by atoms with E-state index in [9.17, 15) is 0 Å². The number of anilines is 1. The van der Waals surface area contributed by atoms with E-state index in [-0.39, 0.29) is 6.04 Å². The molecular weight excluding hydrogens is 388 g/mol. The Balaban J connectivity index is 1.66. The van der Waals surface area contributed by atoms with Gasteiger partial charge in [0.2, 0.25) is 5.95 Å². The van der Waals surface area contributed by atoms with Crippen molar-refractivity contribution in [3.8, 4) is 0 Å². The van der Waals surface area contributed by atoms with Gasteiger partial charge in [-0.25, -0.2) is 19.9 Å². The molecule has 3 aromatic rings. The smallest absolute Gasteiger partial charge is 0.231 e. The van der Waals surface area contributed by atoms with Gasteiger partial charge in [-0.1, -0.05) is 41.9 Å². The maximum absolute atomic E-state index is 6.09. The lowest BCUT2D eigenvalue weighted by Crippen LogP contribution is -2.31. The van der Waals surface area contributed by atoms with Gasteiger partial charge in [-0.05, 0) is 42.5 Å². The van der Waals surface area contributed by atoms with E-state index in [4.69, 9.17) is 23.8 Å². The van der Waals surface area contributed by atoms with Crippen LogP contribution in [0, 0.1) is 0 Å². The zero-order chi connectivity index (χ0) is 18.4.